The van der Waals surface area contributed by atoms with E-state index in [1.165, 1.54) is 17.2 Å². The van der Waals surface area contributed by atoms with Crippen molar-refractivity contribution in [3.8, 4) is 5.75 Å². The summed E-state index contributed by atoms with van der Waals surface area (Å²) in [5.74, 6) is 1.52. The van der Waals surface area contributed by atoms with Gasteiger partial charge in [-0.25, -0.2) is 0 Å². The Bertz CT molecular complexity index is 1120. The molecule has 2 aromatic rings. The molecule has 0 amide bonds. The molecule has 0 saturated carbocycles. The van der Waals surface area contributed by atoms with E-state index < -0.39 is 0 Å². The molecule has 0 aromatic heterocycles. The molecule has 3 rings (SSSR count). The molecule has 200 valence electrons. The summed E-state index contributed by atoms with van der Waals surface area (Å²) in [5, 5.41) is 13.9. The average Bonchev–Trinajstić information content (AvgIpc) is 2.87. The summed E-state index contributed by atoms with van der Waals surface area (Å²) < 4.78 is 13.5. The monoisotopic (exact) mass is 523 g/mol. The first-order chi connectivity index (χ1) is 17.3. The number of hydrogen-bond donors (Lipinski definition) is 2. The van der Waals surface area contributed by atoms with Crippen LogP contribution in [-0.2, 0) is 6.54 Å². The summed E-state index contributed by atoms with van der Waals surface area (Å²) in [4.78, 5) is 4.90. The van der Waals surface area contributed by atoms with Crippen LogP contribution >= 0.6 is 12.1 Å². The Labute approximate surface area is 227 Å². The molecular weight excluding hydrogens is 481 g/mol. The number of benzene rings is 2. The minimum Gasteiger partial charge on any atom is -0.507 e. The summed E-state index contributed by atoms with van der Waals surface area (Å²) in [6, 6.07) is 15.9. The summed E-state index contributed by atoms with van der Waals surface area (Å²) in [6.45, 7) is 15.9. The lowest BCUT2D eigenvalue weighted by molar-refractivity contribution is 0.175. The Balaban J connectivity index is 0.00000481. The highest BCUT2D eigenvalue weighted by Gasteiger charge is 2.21. The quantitative estimate of drug-likeness (QED) is 0.296. The highest BCUT2D eigenvalue weighted by atomic mass is 32.2. The summed E-state index contributed by atoms with van der Waals surface area (Å²) in [7, 11) is 1.90. The maximum Gasteiger partial charge on any atom is 0.123 e. The fraction of sp³-hybridized carbons (Fsp3) is 0.355. The fourth-order valence-electron chi connectivity index (χ4n) is 4.50. The third-order valence-corrected chi connectivity index (χ3v) is 7.45. The molecular formula is C31H42FN3OS. The van der Waals surface area contributed by atoms with Crippen molar-refractivity contribution in [1.29, 1.82) is 0 Å². The van der Waals surface area contributed by atoms with Crippen molar-refractivity contribution in [2.45, 2.75) is 40.7 Å². The summed E-state index contributed by atoms with van der Waals surface area (Å²) >= 11 is 0.186. The second kappa shape index (κ2) is 14.7. The topological polar surface area (TPSA) is 38.7 Å². The SMILES string of the molecule is C.C=C/C(SF)=C(/C)N(C)/C(=C\C(=C)c1ccccc1O)NCC1CCN(Cc2cccc(C)c2)CC1. The van der Waals surface area contributed by atoms with Gasteiger partial charge < -0.3 is 15.3 Å². The molecule has 2 aromatic carbocycles. The van der Waals surface area contributed by atoms with Gasteiger partial charge in [-0.1, -0.05) is 74.7 Å². The fourth-order valence-corrected chi connectivity index (χ4v) is 4.81. The van der Waals surface area contributed by atoms with Crippen LogP contribution in [0.25, 0.3) is 5.57 Å². The van der Waals surface area contributed by atoms with Gasteiger partial charge in [0.25, 0.3) is 0 Å². The normalized spacial score (nSPS) is 15.4. The van der Waals surface area contributed by atoms with E-state index in [9.17, 15) is 8.99 Å². The number of allylic oxidation sites excluding steroid dienone is 4. The number of likely N-dealkylation sites (tertiary alicyclic amines) is 1. The average molecular weight is 524 g/mol. The third kappa shape index (κ3) is 8.54. The molecule has 1 aliphatic rings. The predicted octanol–water partition coefficient (Wildman–Crippen LogP) is 7.66. The number of aryl methyl sites for hydroxylation is 1. The van der Waals surface area contributed by atoms with E-state index in [1.54, 1.807) is 12.1 Å². The van der Waals surface area contributed by atoms with Gasteiger partial charge in [0.05, 0.1) is 17.1 Å². The lowest BCUT2D eigenvalue weighted by atomic mass is 9.96. The van der Waals surface area contributed by atoms with Crippen molar-refractivity contribution >= 4 is 17.7 Å². The second-order valence-corrected chi connectivity index (χ2v) is 10.0. The first kappa shape index (κ1) is 30.3. The molecule has 0 aliphatic carbocycles. The van der Waals surface area contributed by atoms with Crippen molar-refractivity contribution in [2.24, 2.45) is 5.92 Å². The molecule has 0 unspecified atom stereocenters. The van der Waals surface area contributed by atoms with Crippen LogP contribution in [0.2, 0.25) is 0 Å². The Morgan fingerprint density at radius 2 is 1.92 bits per heavy atom. The van der Waals surface area contributed by atoms with Crippen LogP contribution in [0.5, 0.6) is 5.75 Å². The van der Waals surface area contributed by atoms with Crippen LogP contribution in [0.3, 0.4) is 0 Å². The van der Waals surface area contributed by atoms with Crippen LogP contribution < -0.4 is 5.32 Å². The van der Waals surface area contributed by atoms with Gasteiger partial charge in [-0.3, -0.25) is 4.90 Å². The van der Waals surface area contributed by atoms with Gasteiger partial charge in [-0.15, -0.1) is 0 Å². The number of nitrogens with zero attached hydrogens (tertiary/aromatic N) is 2. The zero-order chi connectivity index (χ0) is 26.1. The van der Waals surface area contributed by atoms with Crippen LogP contribution in [0, 0.1) is 12.8 Å². The molecule has 2 N–H and O–H groups in total. The number of halogens is 1. The van der Waals surface area contributed by atoms with E-state index in [-0.39, 0.29) is 25.3 Å². The molecule has 4 nitrogen and oxygen atoms in total. The smallest absolute Gasteiger partial charge is 0.123 e. The number of nitrogens with one attached hydrogen (secondary N) is 1. The first-order valence-electron chi connectivity index (χ1n) is 12.4. The standard InChI is InChI=1S/C30H38FN3OS.CH4/c1-6-29(36-31)24(4)33(5)30(19-23(3)27-12-7-8-13-28(27)35)32-20-25-14-16-34(17-15-25)21-26-11-9-10-22(2)18-26;/h6-13,18-19,25,32,35H,1,3,14-17,20-21H2,2,4-5H3;1H4/b29-24+,30-19-;. The number of hydrogen-bond acceptors (Lipinski definition) is 5. The predicted molar refractivity (Wildman–Crippen MR) is 158 cm³/mol. The van der Waals surface area contributed by atoms with E-state index >= 15 is 0 Å². The number of phenols is 1. The third-order valence-electron chi connectivity index (χ3n) is 6.82. The molecule has 37 heavy (non-hydrogen) atoms. The molecule has 0 spiro atoms. The Morgan fingerprint density at radius 3 is 2.54 bits per heavy atom. The Morgan fingerprint density at radius 1 is 1.22 bits per heavy atom. The van der Waals surface area contributed by atoms with Crippen LogP contribution in [0.4, 0.5) is 3.89 Å². The molecule has 6 heteroatoms. The molecule has 0 radical (unpaired) electrons. The van der Waals surface area contributed by atoms with Gasteiger partial charge in [0, 0.05) is 31.4 Å². The molecule has 1 aliphatic heterocycles. The first-order valence-corrected chi connectivity index (χ1v) is 13.1. The van der Waals surface area contributed by atoms with E-state index in [4.69, 9.17) is 0 Å². The van der Waals surface area contributed by atoms with Crippen molar-refractivity contribution < 1.29 is 8.99 Å². The maximum absolute atomic E-state index is 13.5. The lowest BCUT2D eigenvalue weighted by Crippen LogP contribution is -2.38. The largest absolute Gasteiger partial charge is 0.507 e. The van der Waals surface area contributed by atoms with Gasteiger partial charge in [0.15, 0.2) is 0 Å². The molecule has 1 heterocycles. The van der Waals surface area contributed by atoms with Crippen LogP contribution in [-0.4, -0.2) is 41.6 Å². The Hall–Kier alpha value is -2.96. The van der Waals surface area contributed by atoms with Gasteiger partial charge in [0.1, 0.15) is 11.6 Å². The van der Waals surface area contributed by atoms with Crippen molar-refractivity contribution in [1.82, 2.24) is 15.1 Å². The van der Waals surface area contributed by atoms with Crippen LogP contribution in [0.1, 0.15) is 43.9 Å². The number of rotatable bonds is 11. The van der Waals surface area contributed by atoms with Gasteiger partial charge in [0.2, 0.25) is 0 Å². The number of para-hydroxylation sites is 1. The van der Waals surface area contributed by atoms with E-state index in [1.807, 2.05) is 37.1 Å². The highest BCUT2D eigenvalue weighted by Crippen LogP contribution is 2.28. The lowest BCUT2D eigenvalue weighted by Gasteiger charge is -2.33. The van der Waals surface area contributed by atoms with E-state index in [0.29, 0.717) is 22.0 Å². The summed E-state index contributed by atoms with van der Waals surface area (Å²) in [5.41, 5.74) is 4.76. The number of phenolic OH excluding ortho intramolecular Hbond substituents is 1. The zero-order valence-corrected chi connectivity index (χ0v) is 22.5. The summed E-state index contributed by atoms with van der Waals surface area (Å²) in [6.07, 6.45) is 5.66. The van der Waals surface area contributed by atoms with E-state index in [0.717, 1.165) is 50.5 Å². The molecule has 1 saturated heterocycles. The van der Waals surface area contributed by atoms with Crippen molar-refractivity contribution in [3.63, 3.8) is 0 Å². The molecule has 0 bridgehead atoms. The Kier molecular flexibility index (Phi) is 12.0. The molecule has 1 fully saturated rings. The zero-order valence-electron chi connectivity index (χ0n) is 21.6. The minimum absolute atomic E-state index is 0. The van der Waals surface area contributed by atoms with E-state index in [2.05, 4.69) is 54.6 Å². The maximum atomic E-state index is 13.5. The highest BCUT2D eigenvalue weighted by molar-refractivity contribution is 7.98. The molecule has 0 atom stereocenters. The second-order valence-electron chi connectivity index (χ2n) is 9.45. The number of piperidine rings is 1. The van der Waals surface area contributed by atoms with Gasteiger partial charge in [-0.05, 0) is 69.0 Å². The van der Waals surface area contributed by atoms with Crippen LogP contribution in [0.15, 0.2) is 90.3 Å². The van der Waals surface area contributed by atoms with Gasteiger partial charge in [-0.2, -0.15) is 3.89 Å². The number of aromatic hydroxyl groups is 1. The van der Waals surface area contributed by atoms with Gasteiger partial charge >= 0.3 is 0 Å². The minimum atomic E-state index is 0. The van der Waals surface area contributed by atoms with Crippen molar-refractivity contribution in [3.05, 3.63) is 107 Å². The van der Waals surface area contributed by atoms with Crippen molar-refractivity contribution in [2.75, 3.05) is 26.7 Å².